The molecule has 190 valence electrons. The van der Waals surface area contributed by atoms with Crippen molar-refractivity contribution in [2.24, 2.45) is 0 Å². The average Bonchev–Trinajstić information content (AvgIpc) is 2.89. The lowest BCUT2D eigenvalue weighted by atomic mass is 10.1. The van der Waals surface area contributed by atoms with Gasteiger partial charge in [0.25, 0.3) is 11.8 Å². The van der Waals surface area contributed by atoms with Crippen LogP contribution in [0, 0.1) is 14.9 Å². The maximum Gasteiger partial charge on any atom is 0.266 e. The number of benzene rings is 3. The van der Waals surface area contributed by atoms with E-state index >= 15 is 0 Å². The number of hydrogen-bond acceptors (Lipinski definition) is 6. The number of carbonyl (C=O) groups excluding carboxylic acids is 2. The van der Waals surface area contributed by atoms with Gasteiger partial charge in [-0.25, -0.2) is 0 Å². The Hall–Kier alpha value is -4.04. The molecule has 0 saturated carbocycles. The topological polar surface area (TPSA) is 110 Å². The first kappa shape index (κ1) is 27.5. The lowest BCUT2D eigenvalue weighted by Crippen LogP contribution is -2.20. The molecule has 3 rings (SSSR count). The molecule has 0 heterocycles. The molecule has 0 atom stereocenters. The number of para-hydroxylation sites is 1. The highest BCUT2D eigenvalue weighted by atomic mass is 127. The Balaban J connectivity index is 1.74. The average molecular weight is 611 g/mol. The molecule has 8 nitrogen and oxygen atoms in total. The number of carbonyl (C=O) groups is 2. The zero-order valence-corrected chi connectivity index (χ0v) is 22.6. The van der Waals surface area contributed by atoms with Gasteiger partial charge < -0.3 is 24.8 Å². The normalized spacial score (nSPS) is 10.7. The highest BCUT2D eigenvalue weighted by Crippen LogP contribution is 2.35. The molecule has 2 N–H and O–H groups in total. The molecule has 2 amide bonds. The predicted octanol–water partition coefficient (Wildman–Crippen LogP) is 5.65. The molecule has 0 aliphatic carbocycles. The van der Waals surface area contributed by atoms with Crippen molar-refractivity contribution >= 4 is 51.9 Å². The van der Waals surface area contributed by atoms with Crippen molar-refractivity contribution in [2.75, 3.05) is 30.5 Å². The number of nitrogens with one attached hydrogen (secondary N) is 2. The molecule has 0 saturated heterocycles. The van der Waals surface area contributed by atoms with Crippen LogP contribution in [0.1, 0.15) is 19.4 Å². The first-order valence-corrected chi connectivity index (χ1v) is 12.6. The third-order valence-electron chi connectivity index (χ3n) is 4.84. The molecular formula is C28H26IN3O5. The van der Waals surface area contributed by atoms with E-state index in [0.29, 0.717) is 51.0 Å². The van der Waals surface area contributed by atoms with Gasteiger partial charge in [0.05, 0.1) is 16.8 Å². The first-order valence-electron chi connectivity index (χ1n) is 11.5. The molecule has 0 bridgehead atoms. The number of rotatable bonds is 11. The smallest absolute Gasteiger partial charge is 0.266 e. The Morgan fingerprint density at radius 1 is 0.919 bits per heavy atom. The van der Waals surface area contributed by atoms with E-state index in [4.69, 9.17) is 14.2 Å². The van der Waals surface area contributed by atoms with Crippen LogP contribution in [0.25, 0.3) is 6.08 Å². The molecule has 37 heavy (non-hydrogen) atoms. The van der Waals surface area contributed by atoms with Gasteiger partial charge in [-0.3, -0.25) is 9.59 Å². The van der Waals surface area contributed by atoms with Crippen molar-refractivity contribution in [3.63, 3.8) is 0 Å². The molecule has 0 radical (unpaired) electrons. The lowest BCUT2D eigenvalue weighted by molar-refractivity contribution is -0.118. The summed E-state index contributed by atoms with van der Waals surface area (Å²) in [5.41, 5.74) is 1.70. The van der Waals surface area contributed by atoms with E-state index in [1.165, 1.54) is 6.08 Å². The standard InChI is InChI=1S/C28H26IN3O5/c1-3-35-23-12-10-22(11-13-23)32-28(34)20(17-30)14-19-15-24(29)27(25(16-19)36-4-2)37-18-26(33)31-21-8-6-5-7-9-21/h5-16H,3-4,18H2,1-2H3,(H,31,33)(H,32,34)/b20-14+. The van der Waals surface area contributed by atoms with Crippen LogP contribution in [0.2, 0.25) is 0 Å². The third-order valence-corrected chi connectivity index (χ3v) is 5.64. The molecule has 3 aromatic rings. The summed E-state index contributed by atoms with van der Waals surface area (Å²) < 4.78 is 17.6. The van der Waals surface area contributed by atoms with Crippen LogP contribution in [0.15, 0.2) is 72.3 Å². The van der Waals surface area contributed by atoms with Gasteiger partial charge in [-0.1, -0.05) is 18.2 Å². The first-order chi connectivity index (χ1) is 17.9. The second kappa shape index (κ2) is 13.9. The van der Waals surface area contributed by atoms with E-state index in [2.05, 4.69) is 33.2 Å². The van der Waals surface area contributed by atoms with Gasteiger partial charge >= 0.3 is 0 Å². The van der Waals surface area contributed by atoms with Crippen LogP contribution >= 0.6 is 22.6 Å². The van der Waals surface area contributed by atoms with E-state index in [0.717, 1.165) is 0 Å². The van der Waals surface area contributed by atoms with Crippen molar-refractivity contribution in [2.45, 2.75) is 13.8 Å². The fourth-order valence-corrected chi connectivity index (χ4v) is 4.03. The minimum absolute atomic E-state index is 0.0805. The highest BCUT2D eigenvalue weighted by molar-refractivity contribution is 14.1. The minimum atomic E-state index is -0.544. The molecule has 9 heteroatoms. The van der Waals surface area contributed by atoms with Gasteiger partial charge in [0.1, 0.15) is 17.4 Å². The van der Waals surface area contributed by atoms with Gasteiger partial charge in [-0.2, -0.15) is 5.26 Å². The van der Waals surface area contributed by atoms with Crippen molar-refractivity contribution in [1.29, 1.82) is 5.26 Å². The van der Waals surface area contributed by atoms with Crippen molar-refractivity contribution in [1.82, 2.24) is 0 Å². The maximum atomic E-state index is 12.7. The second-order valence-corrected chi connectivity index (χ2v) is 8.71. The Labute approximate surface area is 229 Å². The van der Waals surface area contributed by atoms with E-state index in [1.807, 2.05) is 38.1 Å². The second-order valence-electron chi connectivity index (χ2n) is 7.55. The summed E-state index contributed by atoms with van der Waals surface area (Å²) in [7, 11) is 0. The van der Waals surface area contributed by atoms with Gasteiger partial charge in [-0.15, -0.1) is 0 Å². The monoisotopic (exact) mass is 611 g/mol. The SMILES string of the molecule is CCOc1ccc(NC(=O)/C(C#N)=C/c2cc(I)c(OCC(=O)Nc3ccccc3)c(OCC)c2)cc1. The largest absolute Gasteiger partial charge is 0.494 e. The van der Waals surface area contributed by atoms with Crippen LogP contribution in [-0.4, -0.2) is 31.6 Å². The van der Waals surface area contributed by atoms with Crippen LogP contribution in [0.3, 0.4) is 0 Å². The molecule has 0 fully saturated rings. The summed E-state index contributed by atoms with van der Waals surface area (Å²) in [5.74, 6) is 0.635. The summed E-state index contributed by atoms with van der Waals surface area (Å²) in [6, 6.07) is 21.3. The number of hydrogen-bond donors (Lipinski definition) is 2. The van der Waals surface area contributed by atoms with Crippen LogP contribution in [-0.2, 0) is 9.59 Å². The fourth-order valence-electron chi connectivity index (χ4n) is 3.25. The lowest BCUT2D eigenvalue weighted by Gasteiger charge is -2.15. The molecule has 0 unspecified atom stereocenters. The van der Waals surface area contributed by atoms with Crippen molar-refractivity contribution in [3.05, 3.63) is 81.4 Å². The van der Waals surface area contributed by atoms with Crippen molar-refractivity contribution in [3.8, 4) is 23.3 Å². The van der Waals surface area contributed by atoms with Gasteiger partial charge in [-0.05, 0) is 96.6 Å². The summed E-state index contributed by atoms with van der Waals surface area (Å²) in [6.45, 7) is 4.40. The number of nitrogens with zero attached hydrogens (tertiary/aromatic N) is 1. The van der Waals surface area contributed by atoms with E-state index < -0.39 is 5.91 Å². The van der Waals surface area contributed by atoms with E-state index in [9.17, 15) is 14.9 Å². The number of amides is 2. The Kier molecular flexibility index (Phi) is 10.3. The van der Waals surface area contributed by atoms with Crippen molar-refractivity contribution < 1.29 is 23.8 Å². The molecule has 0 aromatic heterocycles. The van der Waals surface area contributed by atoms with E-state index in [1.54, 1.807) is 48.5 Å². The molecule has 0 aliphatic rings. The third kappa shape index (κ3) is 8.25. The Morgan fingerprint density at radius 3 is 2.24 bits per heavy atom. The molecule has 0 aliphatic heterocycles. The Morgan fingerprint density at radius 2 is 1.59 bits per heavy atom. The fraction of sp³-hybridized carbons (Fsp3) is 0.179. The highest BCUT2D eigenvalue weighted by Gasteiger charge is 2.16. The maximum absolute atomic E-state index is 12.7. The van der Waals surface area contributed by atoms with Crippen LogP contribution < -0.4 is 24.8 Å². The quantitative estimate of drug-likeness (QED) is 0.165. The van der Waals surface area contributed by atoms with Gasteiger partial charge in [0, 0.05) is 11.4 Å². The molecule has 0 spiro atoms. The van der Waals surface area contributed by atoms with Crippen LogP contribution in [0.4, 0.5) is 11.4 Å². The van der Waals surface area contributed by atoms with Crippen LogP contribution in [0.5, 0.6) is 17.2 Å². The summed E-state index contributed by atoms with van der Waals surface area (Å²) in [6.07, 6.45) is 1.47. The molecular weight excluding hydrogens is 585 g/mol. The Bertz CT molecular complexity index is 1300. The van der Waals surface area contributed by atoms with Gasteiger partial charge in [0.2, 0.25) is 0 Å². The van der Waals surface area contributed by atoms with Gasteiger partial charge in [0.15, 0.2) is 18.1 Å². The molecule has 3 aromatic carbocycles. The number of anilines is 2. The predicted molar refractivity (Wildman–Crippen MR) is 151 cm³/mol. The zero-order valence-electron chi connectivity index (χ0n) is 20.4. The number of nitriles is 1. The number of ether oxygens (including phenoxy) is 3. The summed E-state index contributed by atoms with van der Waals surface area (Å²) in [4.78, 5) is 25.0. The number of halogens is 1. The summed E-state index contributed by atoms with van der Waals surface area (Å²) >= 11 is 2.06. The summed E-state index contributed by atoms with van der Waals surface area (Å²) in [5, 5.41) is 15.1. The van der Waals surface area contributed by atoms with E-state index in [-0.39, 0.29) is 18.1 Å². The zero-order chi connectivity index (χ0) is 26.6. The minimum Gasteiger partial charge on any atom is -0.494 e.